The molecular weight excluding hydrogens is 146 g/mol. The topological polar surface area (TPSA) is 4.44 Å². The number of likely N-dealkylation sites (tertiary alicyclic amines) is 1. The van der Waals surface area contributed by atoms with Crippen molar-refractivity contribution in [2.75, 3.05) is 13.1 Å². The van der Waals surface area contributed by atoms with Crippen LogP contribution in [0.2, 0.25) is 0 Å². The molecule has 1 N–H and O–H groups in total. The zero-order valence-electron chi connectivity index (χ0n) is 8.15. The van der Waals surface area contributed by atoms with Crippen LogP contribution in [-0.4, -0.2) is 19.1 Å². The first-order valence-electron chi connectivity index (χ1n) is 5.81. The molecule has 1 saturated heterocycles. The molecule has 0 bridgehead atoms. The third-order valence-corrected chi connectivity index (χ3v) is 3.68. The Morgan fingerprint density at radius 1 is 0.667 bits per heavy atom. The Morgan fingerprint density at radius 3 is 1.92 bits per heavy atom. The maximum Gasteiger partial charge on any atom is 0.0874 e. The van der Waals surface area contributed by atoms with E-state index in [0.29, 0.717) is 0 Å². The van der Waals surface area contributed by atoms with Crippen LogP contribution in [-0.2, 0) is 0 Å². The third-order valence-electron chi connectivity index (χ3n) is 3.68. The average molecular weight is 168 g/mol. The lowest BCUT2D eigenvalue weighted by Gasteiger charge is -2.33. The predicted molar refractivity (Wildman–Crippen MR) is 51.4 cm³/mol. The SMILES string of the molecule is C1CCC([NH+]2CCCCC2)CC1. The van der Waals surface area contributed by atoms with Crippen molar-refractivity contribution in [3.63, 3.8) is 0 Å². The van der Waals surface area contributed by atoms with Crippen molar-refractivity contribution in [1.82, 2.24) is 0 Å². The van der Waals surface area contributed by atoms with E-state index in [1.807, 2.05) is 4.90 Å². The molecule has 0 aromatic rings. The second kappa shape index (κ2) is 4.27. The molecule has 1 aliphatic carbocycles. The first kappa shape index (κ1) is 8.55. The first-order chi connectivity index (χ1) is 5.97. The number of nitrogens with one attached hydrogen (secondary N) is 1. The number of rotatable bonds is 1. The van der Waals surface area contributed by atoms with E-state index < -0.39 is 0 Å². The molecule has 1 nitrogen and oxygen atoms in total. The molecular formula is C11H22N+. The fourth-order valence-corrected chi connectivity index (χ4v) is 2.92. The van der Waals surface area contributed by atoms with Gasteiger partial charge >= 0.3 is 0 Å². The number of hydrogen-bond donors (Lipinski definition) is 1. The molecule has 1 heteroatoms. The molecule has 1 heterocycles. The molecule has 0 atom stereocenters. The van der Waals surface area contributed by atoms with Gasteiger partial charge in [-0.2, -0.15) is 0 Å². The van der Waals surface area contributed by atoms with Crippen molar-refractivity contribution in [2.24, 2.45) is 0 Å². The summed E-state index contributed by atoms with van der Waals surface area (Å²) in [6.07, 6.45) is 12.0. The van der Waals surface area contributed by atoms with Crippen LogP contribution in [0, 0.1) is 0 Å². The maximum absolute atomic E-state index is 1.95. The van der Waals surface area contributed by atoms with E-state index in [4.69, 9.17) is 0 Å². The Labute approximate surface area is 76.1 Å². The largest absolute Gasteiger partial charge is 0.333 e. The van der Waals surface area contributed by atoms with Gasteiger partial charge in [0.15, 0.2) is 0 Å². The zero-order valence-corrected chi connectivity index (χ0v) is 8.15. The summed E-state index contributed by atoms with van der Waals surface area (Å²) in [6.45, 7) is 2.95. The fraction of sp³-hybridized carbons (Fsp3) is 1.00. The van der Waals surface area contributed by atoms with Crippen LogP contribution >= 0.6 is 0 Å². The number of hydrogen-bond acceptors (Lipinski definition) is 0. The molecule has 0 radical (unpaired) electrons. The highest BCUT2D eigenvalue weighted by atomic mass is 15.2. The van der Waals surface area contributed by atoms with E-state index in [0.717, 1.165) is 6.04 Å². The minimum atomic E-state index is 1.05. The van der Waals surface area contributed by atoms with Gasteiger partial charge in [0, 0.05) is 0 Å². The van der Waals surface area contributed by atoms with Gasteiger partial charge in [-0.1, -0.05) is 6.42 Å². The van der Waals surface area contributed by atoms with Crippen LogP contribution in [0.3, 0.4) is 0 Å². The van der Waals surface area contributed by atoms with E-state index in [1.54, 1.807) is 0 Å². The van der Waals surface area contributed by atoms with Gasteiger partial charge in [-0.15, -0.1) is 0 Å². The molecule has 12 heavy (non-hydrogen) atoms. The molecule has 0 unspecified atom stereocenters. The summed E-state index contributed by atoms with van der Waals surface area (Å²) >= 11 is 0. The summed E-state index contributed by atoms with van der Waals surface area (Å²) in [7, 11) is 0. The van der Waals surface area contributed by atoms with E-state index in [9.17, 15) is 0 Å². The average Bonchev–Trinajstić information content (AvgIpc) is 2.21. The van der Waals surface area contributed by atoms with Gasteiger partial charge in [-0.3, -0.25) is 0 Å². The molecule has 0 spiro atoms. The predicted octanol–water partition coefficient (Wildman–Crippen LogP) is 1.39. The van der Waals surface area contributed by atoms with Crippen LogP contribution in [0.5, 0.6) is 0 Å². The minimum absolute atomic E-state index is 1.05. The van der Waals surface area contributed by atoms with Gasteiger partial charge < -0.3 is 4.90 Å². The summed E-state index contributed by atoms with van der Waals surface area (Å²) in [6, 6.07) is 1.05. The molecule has 2 aliphatic rings. The third kappa shape index (κ3) is 2.01. The minimum Gasteiger partial charge on any atom is -0.333 e. The van der Waals surface area contributed by atoms with Gasteiger partial charge in [0.1, 0.15) is 0 Å². The lowest BCUT2D eigenvalue weighted by Crippen LogP contribution is -3.16. The molecule has 1 aliphatic heterocycles. The smallest absolute Gasteiger partial charge is 0.0874 e. The van der Waals surface area contributed by atoms with Crippen molar-refractivity contribution in [1.29, 1.82) is 0 Å². The highest BCUT2D eigenvalue weighted by molar-refractivity contribution is 4.64. The van der Waals surface area contributed by atoms with Crippen LogP contribution in [0.1, 0.15) is 51.4 Å². The van der Waals surface area contributed by atoms with Crippen molar-refractivity contribution < 1.29 is 4.90 Å². The first-order valence-corrected chi connectivity index (χ1v) is 5.81. The Bertz CT molecular complexity index is 105. The van der Waals surface area contributed by atoms with Crippen LogP contribution in [0.15, 0.2) is 0 Å². The lowest BCUT2D eigenvalue weighted by atomic mass is 9.93. The van der Waals surface area contributed by atoms with Gasteiger partial charge in [0.05, 0.1) is 19.1 Å². The number of quaternary nitrogens is 1. The molecule has 2 fully saturated rings. The molecule has 0 aromatic heterocycles. The maximum atomic E-state index is 1.95. The van der Waals surface area contributed by atoms with E-state index in [2.05, 4.69) is 0 Å². The zero-order chi connectivity index (χ0) is 8.23. The summed E-state index contributed by atoms with van der Waals surface area (Å²) in [4.78, 5) is 1.95. The Morgan fingerprint density at radius 2 is 1.25 bits per heavy atom. The summed E-state index contributed by atoms with van der Waals surface area (Å²) in [5, 5.41) is 0. The Kier molecular flexibility index (Phi) is 3.04. The lowest BCUT2D eigenvalue weighted by molar-refractivity contribution is -0.931. The van der Waals surface area contributed by atoms with E-state index in [1.165, 1.54) is 64.5 Å². The highest BCUT2D eigenvalue weighted by Gasteiger charge is 2.25. The molecule has 70 valence electrons. The van der Waals surface area contributed by atoms with Crippen LogP contribution in [0.25, 0.3) is 0 Å². The van der Waals surface area contributed by atoms with Crippen molar-refractivity contribution in [3.05, 3.63) is 0 Å². The van der Waals surface area contributed by atoms with Crippen molar-refractivity contribution in [3.8, 4) is 0 Å². The monoisotopic (exact) mass is 168 g/mol. The molecule has 2 rings (SSSR count). The fourth-order valence-electron chi connectivity index (χ4n) is 2.92. The number of piperidine rings is 1. The Hall–Kier alpha value is -0.0400. The van der Waals surface area contributed by atoms with Crippen LogP contribution in [0.4, 0.5) is 0 Å². The quantitative estimate of drug-likeness (QED) is 0.603. The van der Waals surface area contributed by atoms with Gasteiger partial charge in [0.25, 0.3) is 0 Å². The van der Waals surface area contributed by atoms with Gasteiger partial charge in [-0.05, 0) is 44.9 Å². The second-order valence-corrected chi connectivity index (χ2v) is 4.55. The van der Waals surface area contributed by atoms with Crippen molar-refractivity contribution in [2.45, 2.75) is 57.4 Å². The highest BCUT2D eigenvalue weighted by Crippen LogP contribution is 2.16. The second-order valence-electron chi connectivity index (χ2n) is 4.55. The molecule has 0 aromatic carbocycles. The van der Waals surface area contributed by atoms with Crippen LogP contribution < -0.4 is 4.90 Å². The van der Waals surface area contributed by atoms with E-state index >= 15 is 0 Å². The molecule has 1 saturated carbocycles. The van der Waals surface area contributed by atoms with Gasteiger partial charge in [-0.25, -0.2) is 0 Å². The summed E-state index contributed by atoms with van der Waals surface area (Å²) in [5.74, 6) is 0. The molecule has 0 amide bonds. The Balaban J connectivity index is 1.80. The van der Waals surface area contributed by atoms with Gasteiger partial charge in [0.2, 0.25) is 0 Å². The van der Waals surface area contributed by atoms with Crippen molar-refractivity contribution >= 4 is 0 Å². The van der Waals surface area contributed by atoms with E-state index in [-0.39, 0.29) is 0 Å². The normalized spacial score (nSPS) is 29.0. The summed E-state index contributed by atoms with van der Waals surface area (Å²) < 4.78 is 0. The standard InChI is InChI=1S/C11H21N/c1-3-7-11(8-4-1)12-9-5-2-6-10-12/h11H,1-10H2/p+1. The summed E-state index contributed by atoms with van der Waals surface area (Å²) in [5.41, 5.74) is 0.